The molecule has 0 saturated heterocycles. The third-order valence-electron chi connectivity index (χ3n) is 2.49. The molecule has 1 aromatic heterocycles. The van der Waals surface area contributed by atoms with E-state index in [0.717, 1.165) is 0 Å². The van der Waals surface area contributed by atoms with Gasteiger partial charge in [-0.15, -0.1) is 0 Å². The van der Waals surface area contributed by atoms with Crippen LogP contribution in [-0.2, 0) is 0 Å². The van der Waals surface area contributed by atoms with Gasteiger partial charge >= 0.3 is 6.18 Å². The molecule has 0 aromatic carbocycles. The highest BCUT2D eigenvalue weighted by atomic mass is 19.4. The van der Waals surface area contributed by atoms with Crippen LogP contribution in [-0.4, -0.2) is 46.8 Å². The molecule has 1 N–H and O–H groups in total. The third kappa shape index (κ3) is 5.83. The summed E-state index contributed by atoms with van der Waals surface area (Å²) in [5.41, 5.74) is 0.465. The van der Waals surface area contributed by atoms with Gasteiger partial charge in [0.2, 0.25) is 0 Å². The summed E-state index contributed by atoms with van der Waals surface area (Å²) in [6.45, 7) is 0.0540. The molecule has 0 aliphatic rings. The van der Waals surface area contributed by atoms with Crippen molar-refractivity contribution >= 4 is 5.91 Å². The average Bonchev–Trinajstić information content (AvgIpc) is 2.44. The number of hydrogen-bond acceptors (Lipinski definition) is 3. The van der Waals surface area contributed by atoms with E-state index >= 15 is 0 Å². The van der Waals surface area contributed by atoms with Crippen LogP contribution in [0, 0.1) is 11.8 Å². The summed E-state index contributed by atoms with van der Waals surface area (Å²) in [5.74, 6) is 4.62. The van der Waals surface area contributed by atoms with Crippen molar-refractivity contribution in [3.63, 3.8) is 0 Å². The number of pyridine rings is 1. The molecule has 0 unspecified atom stereocenters. The summed E-state index contributed by atoms with van der Waals surface area (Å²) in [4.78, 5) is 16.4. The van der Waals surface area contributed by atoms with Gasteiger partial charge in [-0.05, 0) is 19.1 Å². The topological polar surface area (TPSA) is 53.4 Å². The summed E-state index contributed by atoms with van der Waals surface area (Å²) in [6.07, 6.45) is -2.81. The van der Waals surface area contributed by atoms with Gasteiger partial charge in [-0.1, -0.05) is 11.8 Å². The van der Waals surface area contributed by atoms with E-state index in [2.05, 4.69) is 16.8 Å². The van der Waals surface area contributed by atoms with E-state index in [1.165, 1.54) is 25.3 Å². The minimum Gasteiger partial charge on any atom is -0.395 e. The molecule has 1 aromatic rings. The summed E-state index contributed by atoms with van der Waals surface area (Å²) in [5, 5.41) is 8.58. The Bertz CT molecular complexity index is 530. The fraction of sp³-hybridized carbons (Fsp3) is 0.429. The van der Waals surface area contributed by atoms with Crippen molar-refractivity contribution in [1.29, 1.82) is 0 Å². The van der Waals surface area contributed by atoms with Crippen molar-refractivity contribution in [2.24, 2.45) is 0 Å². The van der Waals surface area contributed by atoms with Crippen LogP contribution in [0.15, 0.2) is 18.3 Å². The normalized spacial score (nSPS) is 10.7. The largest absolute Gasteiger partial charge is 0.406 e. The van der Waals surface area contributed by atoms with E-state index in [1.807, 2.05) is 0 Å². The minimum absolute atomic E-state index is 0.0557. The van der Waals surface area contributed by atoms with E-state index < -0.39 is 18.6 Å². The van der Waals surface area contributed by atoms with Crippen molar-refractivity contribution in [2.75, 3.05) is 19.7 Å². The Morgan fingerprint density at radius 2 is 2.14 bits per heavy atom. The zero-order chi connectivity index (χ0) is 15.9. The number of amides is 1. The molecular formula is C14H15F3N2O2. The molecule has 0 saturated carbocycles. The van der Waals surface area contributed by atoms with Gasteiger partial charge in [0.1, 0.15) is 12.2 Å². The number of halogens is 3. The molecule has 1 heterocycles. The smallest absolute Gasteiger partial charge is 0.395 e. The lowest BCUT2D eigenvalue weighted by atomic mass is 10.2. The maximum atomic E-state index is 12.4. The zero-order valence-corrected chi connectivity index (χ0v) is 11.4. The molecule has 21 heavy (non-hydrogen) atoms. The summed E-state index contributed by atoms with van der Waals surface area (Å²) < 4.78 is 37.1. The molecule has 1 rings (SSSR count). The van der Waals surface area contributed by atoms with Crippen LogP contribution in [0.2, 0.25) is 0 Å². The molecule has 0 atom stereocenters. The molecule has 0 fully saturated rings. The standard InChI is InChI=1S/C14H15F3N2O2/c1-2-19(10-14(15,16)17)13(21)12-7-6-11(9-18-12)5-3-4-8-20/h6-7,9,20H,2,4,8,10H2,1H3. The van der Waals surface area contributed by atoms with Gasteiger partial charge in [0.05, 0.1) is 6.61 Å². The predicted octanol–water partition coefficient (Wildman–Crippen LogP) is 1.84. The molecule has 4 nitrogen and oxygen atoms in total. The molecule has 1 amide bonds. The fourth-order valence-electron chi connectivity index (χ4n) is 1.52. The Labute approximate surface area is 120 Å². The Morgan fingerprint density at radius 1 is 1.43 bits per heavy atom. The third-order valence-corrected chi connectivity index (χ3v) is 2.49. The number of carbonyl (C=O) groups excluding carboxylic acids is 1. The fourth-order valence-corrected chi connectivity index (χ4v) is 1.52. The summed E-state index contributed by atoms with van der Waals surface area (Å²) in [6, 6.07) is 2.84. The Kier molecular flexibility index (Phi) is 6.18. The number of aliphatic hydroxyl groups is 1. The molecular weight excluding hydrogens is 285 g/mol. The van der Waals surface area contributed by atoms with Gasteiger partial charge < -0.3 is 10.0 Å². The number of rotatable bonds is 4. The van der Waals surface area contributed by atoms with Gasteiger partial charge in [-0.3, -0.25) is 4.79 Å². The lowest BCUT2D eigenvalue weighted by Crippen LogP contribution is -2.39. The first-order valence-corrected chi connectivity index (χ1v) is 6.29. The lowest BCUT2D eigenvalue weighted by Gasteiger charge is -2.21. The Balaban J connectivity index is 2.81. The van der Waals surface area contributed by atoms with Gasteiger partial charge in [0, 0.05) is 24.7 Å². The summed E-state index contributed by atoms with van der Waals surface area (Å²) >= 11 is 0. The van der Waals surface area contributed by atoms with Gasteiger partial charge in [0.15, 0.2) is 0 Å². The lowest BCUT2D eigenvalue weighted by molar-refractivity contribution is -0.140. The number of carbonyl (C=O) groups is 1. The molecule has 0 aliphatic carbocycles. The number of aromatic nitrogens is 1. The molecule has 0 bridgehead atoms. The maximum Gasteiger partial charge on any atom is 0.406 e. The van der Waals surface area contributed by atoms with Gasteiger partial charge in [0.25, 0.3) is 5.91 Å². The summed E-state index contributed by atoms with van der Waals surface area (Å²) in [7, 11) is 0. The monoisotopic (exact) mass is 300 g/mol. The van der Waals surface area contributed by atoms with Crippen LogP contribution in [0.4, 0.5) is 13.2 Å². The molecule has 7 heteroatoms. The van der Waals surface area contributed by atoms with Crippen LogP contribution < -0.4 is 0 Å². The van der Waals surface area contributed by atoms with Crippen molar-refractivity contribution in [3.8, 4) is 11.8 Å². The number of aliphatic hydroxyl groups excluding tert-OH is 1. The second-order valence-corrected chi connectivity index (χ2v) is 4.14. The molecule has 0 radical (unpaired) electrons. The minimum atomic E-state index is -4.44. The van der Waals surface area contributed by atoms with Crippen molar-refractivity contribution in [3.05, 3.63) is 29.6 Å². The second-order valence-electron chi connectivity index (χ2n) is 4.14. The van der Waals surface area contributed by atoms with Crippen molar-refractivity contribution in [1.82, 2.24) is 9.88 Å². The van der Waals surface area contributed by atoms with Gasteiger partial charge in [-0.2, -0.15) is 13.2 Å². The van der Waals surface area contributed by atoms with Crippen LogP contribution in [0.3, 0.4) is 0 Å². The predicted molar refractivity (Wildman–Crippen MR) is 70.5 cm³/mol. The van der Waals surface area contributed by atoms with Crippen molar-refractivity contribution in [2.45, 2.75) is 19.5 Å². The SMILES string of the molecule is CCN(CC(F)(F)F)C(=O)c1ccc(C#CCCO)cn1. The quantitative estimate of drug-likeness (QED) is 0.863. The molecule has 0 spiro atoms. The van der Waals surface area contributed by atoms with Crippen molar-refractivity contribution < 1.29 is 23.1 Å². The Hall–Kier alpha value is -2.07. The zero-order valence-electron chi connectivity index (χ0n) is 11.4. The van der Waals surface area contributed by atoms with Crippen LogP contribution >= 0.6 is 0 Å². The highest BCUT2D eigenvalue weighted by Gasteiger charge is 2.32. The highest BCUT2D eigenvalue weighted by Crippen LogP contribution is 2.17. The highest BCUT2D eigenvalue weighted by molar-refractivity contribution is 5.92. The first kappa shape index (κ1) is 17.0. The Morgan fingerprint density at radius 3 is 2.62 bits per heavy atom. The van der Waals surface area contributed by atoms with Crippen LogP contribution in [0.5, 0.6) is 0 Å². The van der Waals surface area contributed by atoms with E-state index in [9.17, 15) is 18.0 Å². The van der Waals surface area contributed by atoms with E-state index in [1.54, 1.807) is 0 Å². The van der Waals surface area contributed by atoms with Crippen LogP contribution in [0.1, 0.15) is 29.4 Å². The second kappa shape index (κ2) is 7.64. The van der Waals surface area contributed by atoms with E-state index in [4.69, 9.17) is 5.11 Å². The maximum absolute atomic E-state index is 12.4. The first-order valence-electron chi connectivity index (χ1n) is 6.29. The number of nitrogens with zero attached hydrogens (tertiary/aromatic N) is 2. The number of hydrogen-bond donors (Lipinski definition) is 1. The number of alkyl halides is 3. The molecule has 114 valence electrons. The van der Waals surface area contributed by atoms with Crippen LogP contribution in [0.25, 0.3) is 0 Å². The molecule has 0 aliphatic heterocycles. The average molecular weight is 300 g/mol. The first-order chi connectivity index (χ1) is 9.87. The van der Waals surface area contributed by atoms with E-state index in [-0.39, 0.29) is 18.8 Å². The van der Waals surface area contributed by atoms with E-state index in [0.29, 0.717) is 16.9 Å². The van der Waals surface area contributed by atoms with Gasteiger partial charge in [-0.25, -0.2) is 4.98 Å².